The molecule has 0 amide bonds. The number of phenols is 1. The molecule has 0 bridgehead atoms. The fourth-order valence-corrected chi connectivity index (χ4v) is 3.21. The minimum atomic E-state index is -3.44. The molecule has 2 aromatic rings. The van der Waals surface area contributed by atoms with Crippen LogP contribution in [0.4, 0.5) is 5.69 Å². The third kappa shape index (κ3) is 3.06. The van der Waals surface area contributed by atoms with Gasteiger partial charge in [0.05, 0.1) is 10.6 Å². The van der Waals surface area contributed by atoms with Crippen molar-refractivity contribution in [3.05, 3.63) is 53.6 Å². The zero-order chi connectivity index (χ0) is 14.0. The standard InChI is InChI=1S/C14H15NO3S/c1-10-7-13(5-6-14(10)15)19(17,18)9-11-3-2-4-12(16)8-11/h2-8,16H,9,15H2,1H3. The highest BCUT2D eigenvalue weighted by Crippen LogP contribution is 2.22. The van der Waals surface area contributed by atoms with Gasteiger partial charge in [-0.2, -0.15) is 0 Å². The molecule has 5 heteroatoms. The van der Waals surface area contributed by atoms with Crippen LogP contribution < -0.4 is 5.73 Å². The summed E-state index contributed by atoms with van der Waals surface area (Å²) in [5.74, 6) is -0.0914. The van der Waals surface area contributed by atoms with E-state index in [0.29, 0.717) is 11.3 Å². The van der Waals surface area contributed by atoms with Gasteiger partial charge in [-0.1, -0.05) is 12.1 Å². The maximum absolute atomic E-state index is 12.3. The number of benzene rings is 2. The van der Waals surface area contributed by atoms with Crippen LogP contribution in [-0.2, 0) is 15.6 Å². The maximum Gasteiger partial charge on any atom is 0.182 e. The van der Waals surface area contributed by atoms with Crippen LogP contribution in [0.1, 0.15) is 11.1 Å². The molecule has 0 aliphatic carbocycles. The second kappa shape index (κ2) is 4.93. The number of nitrogens with two attached hydrogens (primary N) is 1. The van der Waals surface area contributed by atoms with Gasteiger partial charge in [-0.05, 0) is 48.4 Å². The van der Waals surface area contributed by atoms with E-state index < -0.39 is 9.84 Å². The number of anilines is 1. The second-order valence-corrected chi connectivity index (χ2v) is 6.44. The summed E-state index contributed by atoms with van der Waals surface area (Å²) in [7, 11) is -3.44. The van der Waals surface area contributed by atoms with Crippen LogP contribution in [0.2, 0.25) is 0 Å². The van der Waals surface area contributed by atoms with Crippen LogP contribution in [0.15, 0.2) is 47.4 Å². The minimum absolute atomic E-state index is 0.0567. The minimum Gasteiger partial charge on any atom is -0.508 e. The average molecular weight is 277 g/mol. The lowest BCUT2D eigenvalue weighted by molar-refractivity contribution is 0.475. The average Bonchev–Trinajstić information content (AvgIpc) is 2.32. The lowest BCUT2D eigenvalue weighted by atomic mass is 10.2. The monoisotopic (exact) mass is 277 g/mol. The molecule has 0 heterocycles. The van der Waals surface area contributed by atoms with Crippen molar-refractivity contribution < 1.29 is 13.5 Å². The normalized spacial score (nSPS) is 11.4. The molecular weight excluding hydrogens is 262 g/mol. The van der Waals surface area contributed by atoms with E-state index in [0.717, 1.165) is 5.56 Å². The molecule has 2 aromatic carbocycles. The van der Waals surface area contributed by atoms with Crippen LogP contribution in [0.25, 0.3) is 0 Å². The van der Waals surface area contributed by atoms with Gasteiger partial charge in [0, 0.05) is 5.69 Å². The van der Waals surface area contributed by atoms with E-state index in [9.17, 15) is 13.5 Å². The number of phenolic OH excluding ortho intramolecular Hbond substituents is 1. The lowest BCUT2D eigenvalue weighted by Gasteiger charge is -2.07. The van der Waals surface area contributed by atoms with Gasteiger partial charge in [0.1, 0.15) is 5.75 Å². The predicted molar refractivity (Wildman–Crippen MR) is 74.6 cm³/mol. The number of aryl methyl sites for hydroxylation is 1. The van der Waals surface area contributed by atoms with Crippen molar-refractivity contribution in [2.75, 3.05) is 5.73 Å². The highest BCUT2D eigenvalue weighted by molar-refractivity contribution is 7.90. The van der Waals surface area contributed by atoms with Crippen LogP contribution >= 0.6 is 0 Å². The van der Waals surface area contributed by atoms with Crippen LogP contribution in [0.3, 0.4) is 0 Å². The molecule has 0 atom stereocenters. The smallest absolute Gasteiger partial charge is 0.182 e. The molecule has 19 heavy (non-hydrogen) atoms. The Labute approximate surface area is 112 Å². The Morgan fingerprint density at radius 1 is 1.16 bits per heavy atom. The molecule has 0 fully saturated rings. The number of hydrogen-bond donors (Lipinski definition) is 2. The van der Waals surface area contributed by atoms with Gasteiger partial charge in [-0.15, -0.1) is 0 Å². The van der Waals surface area contributed by atoms with Crippen molar-refractivity contribution >= 4 is 15.5 Å². The summed E-state index contributed by atoms with van der Waals surface area (Å²) in [5.41, 5.74) is 7.53. The quantitative estimate of drug-likeness (QED) is 0.843. The van der Waals surface area contributed by atoms with Gasteiger partial charge in [-0.3, -0.25) is 0 Å². The molecule has 4 nitrogen and oxygen atoms in total. The first-order chi connectivity index (χ1) is 8.88. The van der Waals surface area contributed by atoms with E-state index in [-0.39, 0.29) is 16.4 Å². The summed E-state index contributed by atoms with van der Waals surface area (Å²) < 4.78 is 24.5. The van der Waals surface area contributed by atoms with Gasteiger partial charge in [0.15, 0.2) is 9.84 Å². The van der Waals surface area contributed by atoms with Crippen LogP contribution in [-0.4, -0.2) is 13.5 Å². The van der Waals surface area contributed by atoms with Crippen molar-refractivity contribution in [2.24, 2.45) is 0 Å². The number of aromatic hydroxyl groups is 1. The molecule has 100 valence electrons. The van der Waals surface area contributed by atoms with Crippen molar-refractivity contribution in [3.63, 3.8) is 0 Å². The van der Waals surface area contributed by atoms with Gasteiger partial charge in [0.25, 0.3) is 0 Å². The molecule has 0 aliphatic heterocycles. The first kappa shape index (κ1) is 13.4. The Morgan fingerprint density at radius 3 is 2.53 bits per heavy atom. The molecule has 0 saturated carbocycles. The van der Waals surface area contributed by atoms with E-state index >= 15 is 0 Å². The third-order valence-electron chi connectivity index (χ3n) is 2.87. The lowest BCUT2D eigenvalue weighted by Crippen LogP contribution is -2.05. The summed E-state index contributed by atoms with van der Waals surface area (Å²) in [4.78, 5) is 0.238. The summed E-state index contributed by atoms with van der Waals surface area (Å²) in [5, 5.41) is 9.35. The van der Waals surface area contributed by atoms with Crippen molar-refractivity contribution in [2.45, 2.75) is 17.6 Å². The van der Waals surface area contributed by atoms with Gasteiger partial charge in [-0.25, -0.2) is 8.42 Å². The summed E-state index contributed by atoms with van der Waals surface area (Å²) >= 11 is 0. The number of hydrogen-bond acceptors (Lipinski definition) is 4. The van der Waals surface area contributed by atoms with E-state index in [1.54, 1.807) is 31.2 Å². The Morgan fingerprint density at radius 2 is 1.89 bits per heavy atom. The third-order valence-corrected chi connectivity index (χ3v) is 4.55. The van der Waals surface area contributed by atoms with Crippen molar-refractivity contribution in [3.8, 4) is 5.75 Å². The summed E-state index contributed by atoms with van der Waals surface area (Å²) in [6.07, 6.45) is 0. The zero-order valence-electron chi connectivity index (χ0n) is 10.5. The van der Waals surface area contributed by atoms with Crippen molar-refractivity contribution in [1.29, 1.82) is 0 Å². The highest BCUT2D eigenvalue weighted by atomic mass is 32.2. The number of rotatable bonds is 3. The predicted octanol–water partition coefficient (Wildman–Crippen LogP) is 2.26. The van der Waals surface area contributed by atoms with Crippen LogP contribution in [0.5, 0.6) is 5.75 Å². The Hall–Kier alpha value is -2.01. The number of nitrogen functional groups attached to an aromatic ring is 1. The highest BCUT2D eigenvalue weighted by Gasteiger charge is 2.16. The molecule has 0 saturated heterocycles. The summed E-state index contributed by atoms with van der Waals surface area (Å²) in [6.45, 7) is 1.77. The fourth-order valence-electron chi connectivity index (χ4n) is 1.79. The fraction of sp³-hybridized carbons (Fsp3) is 0.143. The Bertz CT molecular complexity index is 708. The molecule has 0 spiro atoms. The number of sulfone groups is 1. The maximum atomic E-state index is 12.3. The molecule has 2 rings (SSSR count). The zero-order valence-corrected chi connectivity index (χ0v) is 11.3. The van der Waals surface area contributed by atoms with E-state index in [1.165, 1.54) is 18.2 Å². The molecule has 0 aromatic heterocycles. The molecular formula is C14H15NO3S. The Kier molecular flexibility index (Phi) is 3.48. The Balaban J connectivity index is 2.35. The van der Waals surface area contributed by atoms with E-state index in [1.807, 2.05) is 0 Å². The topological polar surface area (TPSA) is 80.4 Å². The first-order valence-electron chi connectivity index (χ1n) is 5.75. The van der Waals surface area contributed by atoms with Crippen LogP contribution in [0, 0.1) is 6.92 Å². The summed E-state index contributed by atoms with van der Waals surface area (Å²) in [6, 6.07) is 10.9. The molecule has 0 aliphatic rings. The molecule has 3 N–H and O–H groups in total. The SMILES string of the molecule is Cc1cc(S(=O)(=O)Cc2cccc(O)c2)ccc1N. The first-order valence-corrected chi connectivity index (χ1v) is 7.40. The second-order valence-electron chi connectivity index (χ2n) is 4.45. The van der Waals surface area contributed by atoms with Crippen molar-refractivity contribution in [1.82, 2.24) is 0 Å². The molecule has 0 unspecified atom stereocenters. The van der Waals surface area contributed by atoms with E-state index in [2.05, 4.69) is 0 Å². The molecule has 0 radical (unpaired) electrons. The largest absolute Gasteiger partial charge is 0.508 e. The van der Waals surface area contributed by atoms with Gasteiger partial charge >= 0.3 is 0 Å². The van der Waals surface area contributed by atoms with Gasteiger partial charge < -0.3 is 10.8 Å². The van der Waals surface area contributed by atoms with Gasteiger partial charge in [0.2, 0.25) is 0 Å². The van der Waals surface area contributed by atoms with E-state index in [4.69, 9.17) is 5.73 Å².